The fraction of sp³-hybridized carbons (Fsp3) is 0.529. The summed E-state index contributed by atoms with van der Waals surface area (Å²) in [6, 6.07) is 0.835. The van der Waals surface area contributed by atoms with Crippen LogP contribution in [-0.4, -0.2) is 68.6 Å². The third-order valence-corrected chi connectivity index (χ3v) is 5.08. The van der Waals surface area contributed by atoms with Crippen LogP contribution in [0.4, 0.5) is 35.4 Å². The fourth-order valence-corrected chi connectivity index (χ4v) is 3.89. The van der Waals surface area contributed by atoms with Crippen LogP contribution >= 0.6 is 0 Å². The summed E-state index contributed by atoms with van der Waals surface area (Å²) in [5.74, 6) is 1.13. The molecule has 29 heavy (non-hydrogen) atoms. The number of carbonyl (C=O) groups excluding carboxylic acids is 1. The van der Waals surface area contributed by atoms with Gasteiger partial charge >= 0.3 is 12.2 Å². The van der Waals surface area contributed by atoms with Crippen molar-refractivity contribution >= 4 is 23.5 Å². The first-order valence-corrected chi connectivity index (χ1v) is 9.25. The van der Waals surface area contributed by atoms with E-state index in [1.54, 1.807) is 34.2 Å². The van der Waals surface area contributed by atoms with Gasteiger partial charge in [-0.05, 0) is 18.9 Å². The molecule has 2 amide bonds. The molecule has 2 fully saturated rings. The highest BCUT2D eigenvalue weighted by Gasteiger charge is 2.43. The van der Waals surface area contributed by atoms with E-state index in [1.165, 1.54) is 0 Å². The van der Waals surface area contributed by atoms with Crippen molar-refractivity contribution in [1.82, 2.24) is 30.0 Å². The number of urea groups is 1. The first-order valence-electron chi connectivity index (χ1n) is 9.25. The Morgan fingerprint density at radius 3 is 2.62 bits per heavy atom. The Balaban J connectivity index is 1.42. The highest BCUT2D eigenvalue weighted by Crippen LogP contribution is 2.32. The summed E-state index contributed by atoms with van der Waals surface area (Å²) in [4.78, 5) is 24.6. The monoisotopic (exact) mass is 410 g/mol. The van der Waals surface area contributed by atoms with Crippen molar-refractivity contribution in [2.45, 2.75) is 31.1 Å². The number of aromatic nitrogens is 4. The lowest BCUT2D eigenvalue weighted by molar-refractivity contribution is -0.123. The number of alkyl halides is 3. The van der Waals surface area contributed by atoms with E-state index in [2.05, 4.69) is 20.4 Å². The van der Waals surface area contributed by atoms with Gasteiger partial charge in [0.25, 0.3) is 0 Å². The summed E-state index contributed by atoms with van der Waals surface area (Å²) in [6.07, 6.45) is 2.20. The van der Waals surface area contributed by atoms with Crippen LogP contribution in [0, 0.1) is 0 Å². The van der Waals surface area contributed by atoms with Crippen LogP contribution in [0.25, 0.3) is 0 Å². The third-order valence-electron chi connectivity index (χ3n) is 5.08. The molecular formula is C17H21F3N8O. The highest BCUT2D eigenvalue weighted by molar-refractivity contribution is 5.76. The van der Waals surface area contributed by atoms with E-state index in [9.17, 15) is 18.0 Å². The SMILES string of the molecule is Cn1cc(Nc2nccc(N3C[C@H]4CC[C@H](C3)N4C(=O)NCC(F)(F)F)n2)cn1. The predicted molar refractivity (Wildman–Crippen MR) is 98.8 cm³/mol. The molecular weight excluding hydrogens is 389 g/mol. The van der Waals surface area contributed by atoms with E-state index in [-0.39, 0.29) is 12.1 Å². The molecule has 2 atom stereocenters. The van der Waals surface area contributed by atoms with Crippen molar-refractivity contribution in [3.05, 3.63) is 24.7 Å². The van der Waals surface area contributed by atoms with Gasteiger partial charge in [0.15, 0.2) is 0 Å². The van der Waals surface area contributed by atoms with Crippen LogP contribution in [0.15, 0.2) is 24.7 Å². The lowest BCUT2D eigenvalue weighted by Crippen LogP contribution is -2.59. The summed E-state index contributed by atoms with van der Waals surface area (Å²) >= 11 is 0. The van der Waals surface area contributed by atoms with Crippen LogP contribution in [0.1, 0.15) is 12.8 Å². The normalized spacial score (nSPS) is 21.4. The van der Waals surface area contributed by atoms with Gasteiger partial charge in [-0.3, -0.25) is 4.68 Å². The van der Waals surface area contributed by atoms with Crippen LogP contribution in [0.3, 0.4) is 0 Å². The molecule has 2 aliphatic heterocycles. The predicted octanol–water partition coefficient (Wildman–Crippen LogP) is 1.88. The molecule has 2 aliphatic rings. The summed E-state index contributed by atoms with van der Waals surface area (Å²) in [7, 11) is 1.81. The quantitative estimate of drug-likeness (QED) is 0.800. The van der Waals surface area contributed by atoms with Gasteiger partial charge in [-0.25, -0.2) is 9.78 Å². The van der Waals surface area contributed by atoms with Gasteiger partial charge < -0.3 is 20.4 Å². The maximum absolute atomic E-state index is 12.4. The van der Waals surface area contributed by atoms with E-state index < -0.39 is 18.8 Å². The topological polar surface area (TPSA) is 91.2 Å². The number of hydrogen-bond donors (Lipinski definition) is 2. The lowest BCUT2D eigenvalue weighted by Gasteiger charge is -2.41. The molecule has 12 heteroatoms. The molecule has 4 heterocycles. The third kappa shape index (κ3) is 4.35. The lowest BCUT2D eigenvalue weighted by atomic mass is 10.2. The largest absolute Gasteiger partial charge is 0.405 e. The van der Waals surface area contributed by atoms with Gasteiger partial charge in [-0.15, -0.1) is 0 Å². The van der Waals surface area contributed by atoms with E-state index in [0.717, 1.165) is 18.5 Å². The van der Waals surface area contributed by atoms with E-state index in [1.807, 2.05) is 17.3 Å². The number of rotatable bonds is 4. The zero-order chi connectivity index (χ0) is 20.6. The minimum atomic E-state index is -4.42. The molecule has 9 nitrogen and oxygen atoms in total. The van der Waals surface area contributed by atoms with E-state index in [0.29, 0.717) is 24.9 Å². The number of anilines is 3. The minimum absolute atomic E-state index is 0.147. The summed E-state index contributed by atoms with van der Waals surface area (Å²) < 4.78 is 38.9. The Morgan fingerprint density at radius 2 is 2.00 bits per heavy atom. The smallest absolute Gasteiger partial charge is 0.352 e. The van der Waals surface area contributed by atoms with E-state index >= 15 is 0 Å². The molecule has 4 rings (SSSR count). The molecule has 2 N–H and O–H groups in total. The highest BCUT2D eigenvalue weighted by atomic mass is 19.4. The Morgan fingerprint density at radius 1 is 1.28 bits per heavy atom. The number of halogens is 3. The van der Waals surface area contributed by atoms with Gasteiger partial charge in [0.2, 0.25) is 5.95 Å². The van der Waals surface area contributed by atoms with Crippen molar-refractivity contribution < 1.29 is 18.0 Å². The molecule has 0 radical (unpaired) electrons. The number of nitrogens with one attached hydrogen (secondary N) is 2. The molecule has 0 spiro atoms. The average Bonchev–Trinajstić information content (AvgIpc) is 3.19. The van der Waals surface area contributed by atoms with Gasteiger partial charge in [-0.1, -0.05) is 0 Å². The second kappa shape index (κ2) is 7.41. The number of piperazine rings is 1. The van der Waals surface area contributed by atoms with Crippen molar-refractivity contribution in [2.24, 2.45) is 7.05 Å². The summed E-state index contributed by atoms with van der Waals surface area (Å²) in [6.45, 7) is -0.292. The van der Waals surface area contributed by atoms with Crippen molar-refractivity contribution in [3.8, 4) is 0 Å². The summed E-state index contributed by atoms with van der Waals surface area (Å²) in [5, 5.41) is 9.16. The van der Waals surface area contributed by atoms with Crippen molar-refractivity contribution in [3.63, 3.8) is 0 Å². The molecule has 2 saturated heterocycles. The number of carbonyl (C=O) groups is 1. The zero-order valence-electron chi connectivity index (χ0n) is 15.7. The molecule has 0 aromatic carbocycles. The number of amides is 2. The standard InChI is InChI=1S/C17H21F3N8O/c1-26-7-11(6-23-26)24-15-21-5-4-14(25-15)27-8-12-2-3-13(9-27)28(12)16(29)22-10-17(18,19)20/h4-7,12-13H,2-3,8-10H2,1H3,(H,22,29)(H,21,24,25)/t12-,13-/m1/s1. The van der Waals surface area contributed by atoms with Gasteiger partial charge in [0.05, 0.1) is 24.0 Å². The maximum atomic E-state index is 12.4. The Hall–Kier alpha value is -3.05. The minimum Gasteiger partial charge on any atom is -0.352 e. The van der Waals surface area contributed by atoms with Crippen LogP contribution in [0.2, 0.25) is 0 Å². The molecule has 156 valence electrons. The second-order valence-corrected chi connectivity index (χ2v) is 7.24. The van der Waals surface area contributed by atoms with Gasteiger partial charge in [0.1, 0.15) is 12.4 Å². The van der Waals surface area contributed by atoms with Gasteiger partial charge in [-0.2, -0.15) is 23.3 Å². The van der Waals surface area contributed by atoms with Crippen LogP contribution in [0.5, 0.6) is 0 Å². The number of hydrogen-bond acceptors (Lipinski definition) is 6. The molecule has 2 aromatic rings. The average molecular weight is 410 g/mol. The molecule has 2 bridgehead atoms. The fourth-order valence-electron chi connectivity index (χ4n) is 3.89. The maximum Gasteiger partial charge on any atom is 0.405 e. The van der Waals surface area contributed by atoms with E-state index in [4.69, 9.17) is 0 Å². The van der Waals surface area contributed by atoms with Crippen LogP contribution < -0.4 is 15.5 Å². The molecule has 2 aromatic heterocycles. The Bertz CT molecular complexity index is 872. The summed E-state index contributed by atoms with van der Waals surface area (Å²) in [5.41, 5.74) is 0.760. The van der Waals surface area contributed by atoms with Crippen molar-refractivity contribution in [2.75, 3.05) is 29.9 Å². The Labute approximate surface area is 164 Å². The number of aryl methyl sites for hydroxylation is 1. The molecule has 0 unspecified atom stereocenters. The first kappa shape index (κ1) is 19.3. The second-order valence-electron chi connectivity index (χ2n) is 7.24. The Kier molecular flexibility index (Phi) is 4.92. The van der Waals surface area contributed by atoms with Gasteiger partial charge in [0, 0.05) is 32.5 Å². The number of fused-ring (bicyclic) bond motifs is 2. The zero-order valence-corrected chi connectivity index (χ0v) is 15.7. The van der Waals surface area contributed by atoms with Crippen LogP contribution in [-0.2, 0) is 7.05 Å². The molecule has 0 aliphatic carbocycles. The van der Waals surface area contributed by atoms with Crippen molar-refractivity contribution in [1.29, 1.82) is 0 Å². The number of nitrogens with zero attached hydrogens (tertiary/aromatic N) is 6. The molecule has 0 saturated carbocycles. The first-order chi connectivity index (χ1) is 13.8.